The summed E-state index contributed by atoms with van der Waals surface area (Å²) in [7, 11) is -3.27. The van der Waals surface area contributed by atoms with Gasteiger partial charge in [0.1, 0.15) is 6.54 Å². The Morgan fingerprint density at radius 1 is 1.03 bits per heavy atom. The van der Waals surface area contributed by atoms with Gasteiger partial charge in [0.25, 0.3) is 5.91 Å². The van der Waals surface area contributed by atoms with Crippen molar-refractivity contribution in [2.75, 3.05) is 17.7 Å². The van der Waals surface area contributed by atoms with Gasteiger partial charge >= 0.3 is 0 Å². The molecular weight excluding hydrogens is 400 g/mol. The molecule has 6 nitrogen and oxygen atoms in total. The molecule has 1 aliphatic rings. The largest absolute Gasteiger partial charge is 0.348 e. The highest BCUT2D eigenvalue weighted by Gasteiger charge is 2.31. The molecule has 1 N–H and O–H groups in total. The smallest absolute Gasteiger partial charge is 0.259 e. The molecular formula is C23H22N2O4S. The van der Waals surface area contributed by atoms with Gasteiger partial charge in [-0.3, -0.25) is 14.5 Å². The van der Waals surface area contributed by atoms with E-state index in [1.54, 1.807) is 30.3 Å². The maximum Gasteiger partial charge on any atom is 0.259 e. The molecule has 0 aliphatic carbocycles. The number of amides is 2. The van der Waals surface area contributed by atoms with Gasteiger partial charge in [0, 0.05) is 17.2 Å². The van der Waals surface area contributed by atoms with Crippen LogP contribution in [0.3, 0.4) is 0 Å². The van der Waals surface area contributed by atoms with Crippen LogP contribution in [0.2, 0.25) is 0 Å². The SMILES string of the molecule is CCC(NC(=O)CN1C(=O)c2cccc3cccc1c23)c1ccc(S(C)(=O)=O)cc1. The Bertz CT molecular complexity index is 1240. The van der Waals surface area contributed by atoms with E-state index < -0.39 is 9.84 Å². The standard InChI is InChI=1S/C23H22N2O4S/c1-3-19(15-10-12-17(13-11-15)30(2,28)29)24-21(26)14-25-20-9-5-7-16-6-4-8-18(22(16)20)23(25)27/h4-13,19H,3,14H2,1-2H3,(H,24,26). The van der Waals surface area contributed by atoms with Gasteiger partial charge in [-0.15, -0.1) is 0 Å². The van der Waals surface area contributed by atoms with Gasteiger partial charge in [-0.1, -0.05) is 43.3 Å². The lowest BCUT2D eigenvalue weighted by Gasteiger charge is -2.21. The molecule has 0 saturated heterocycles. The van der Waals surface area contributed by atoms with Crippen molar-refractivity contribution >= 4 is 38.1 Å². The Morgan fingerprint density at radius 3 is 2.33 bits per heavy atom. The maximum absolute atomic E-state index is 12.9. The summed E-state index contributed by atoms with van der Waals surface area (Å²) in [5.41, 5.74) is 2.17. The second-order valence-corrected chi connectivity index (χ2v) is 9.46. The van der Waals surface area contributed by atoms with E-state index in [-0.39, 0.29) is 29.3 Å². The number of rotatable bonds is 6. The van der Waals surface area contributed by atoms with Crippen LogP contribution in [0.25, 0.3) is 10.8 Å². The third-order valence-corrected chi connectivity index (χ3v) is 6.53. The summed E-state index contributed by atoms with van der Waals surface area (Å²) in [4.78, 5) is 27.4. The Hall–Kier alpha value is -3.19. The molecule has 7 heteroatoms. The van der Waals surface area contributed by atoms with Crippen LogP contribution >= 0.6 is 0 Å². The van der Waals surface area contributed by atoms with Gasteiger partial charge < -0.3 is 5.32 Å². The average Bonchev–Trinajstić information content (AvgIpc) is 2.99. The van der Waals surface area contributed by atoms with E-state index in [0.29, 0.717) is 12.0 Å². The minimum atomic E-state index is -3.27. The Kier molecular flexibility index (Phi) is 5.07. The molecule has 3 aromatic carbocycles. The van der Waals surface area contributed by atoms with Gasteiger partial charge in [-0.25, -0.2) is 8.42 Å². The van der Waals surface area contributed by atoms with Gasteiger partial charge in [0.05, 0.1) is 16.6 Å². The Morgan fingerprint density at radius 2 is 1.70 bits per heavy atom. The number of sulfone groups is 1. The number of hydrogen-bond acceptors (Lipinski definition) is 4. The third-order valence-electron chi connectivity index (χ3n) is 5.40. The van der Waals surface area contributed by atoms with E-state index in [4.69, 9.17) is 0 Å². The van der Waals surface area contributed by atoms with E-state index in [1.807, 2.05) is 37.3 Å². The molecule has 1 aliphatic heterocycles. The topological polar surface area (TPSA) is 83.6 Å². The van der Waals surface area contributed by atoms with Crippen molar-refractivity contribution in [3.05, 3.63) is 71.8 Å². The highest BCUT2D eigenvalue weighted by molar-refractivity contribution is 7.90. The molecule has 0 spiro atoms. The molecule has 0 bridgehead atoms. The van der Waals surface area contributed by atoms with Gasteiger partial charge in [0.15, 0.2) is 9.84 Å². The maximum atomic E-state index is 12.9. The van der Waals surface area contributed by atoms with Gasteiger partial charge in [-0.05, 0) is 41.6 Å². The predicted molar refractivity (Wildman–Crippen MR) is 116 cm³/mol. The number of carbonyl (C=O) groups excluding carboxylic acids is 2. The minimum Gasteiger partial charge on any atom is -0.348 e. The van der Waals surface area contributed by atoms with Crippen LogP contribution in [0.15, 0.2) is 65.6 Å². The van der Waals surface area contributed by atoms with E-state index in [0.717, 1.165) is 28.3 Å². The lowest BCUT2D eigenvalue weighted by molar-refractivity contribution is -0.120. The van der Waals surface area contributed by atoms with Crippen LogP contribution in [0.5, 0.6) is 0 Å². The van der Waals surface area contributed by atoms with Crippen molar-refractivity contribution in [3.63, 3.8) is 0 Å². The van der Waals surface area contributed by atoms with Crippen LogP contribution < -0.4 is 10.2 Å². The zero-order chi connectivity index (χ0) is 21.5. The summed E-state index contributed by atoms with van der Waals surface area (Å²) < 4.78 is 23.3. The summed E-state index contributed by atoms with van der Waals surface area (Å²) in [5.74, 6) is -0.449. The van der Waals surface area contributed by atoms with Crippen molar-refractivity contribution in [2.45, 2.75) is 24.3 Å². The lowest BCUT2D eigenvalue weighted by Crippen LogP contribution is -2.40. The molecule has 1 unspecified atom stereocenters. The fraction of sp³-hybridized carbons (Fsp3) is 0.217. The number of carbonyl (C=O) groups is 2. The van der Waals surface area contributed by atoms with E-state index in [9.17, 15) is 18.0 Å². The van der Waals surface area contributed by atoms with Crippen molar-refractivity contribution in [3.8, 4) is 0 Å². The summed E-state index contributed by atoms with van der Waals surface area (Å²) in [6, 6.07) is 17.5. The quantitative estimate of drug-likeness (QED) is 0.659. The van der Waals surface area contributed by atoms with Crippen LogP contribution in [0, 0.1) is 0 Å². The molecule has 0 fully saturated rings. The molecule has 30 heavy (non-hydrogen) atoms. The molecule has 154 valence electrons. The molecule has 1 atom stereocenters. The molecule has 4 rings (SSSR count). The highest BCUT2D eigenvalue weighted by atomic mass is 32.2. The van der Waals surface area contributed by atoms with Crippen LogP contribution in [0.4, 0.5) is 5.69 Å². The van der Waals surface area contributed by atoms with Crippen molar-refractivity contribution in [1.82, 2.24) is 5.32 Å². The van der Waals surface area contributed by atoms with Gasteiger partial charge in [0.2, 0.25) is 5.91 Å². The van der Waals surface area contributed by atoms with Crippen LogP contribution in [0.1, 0.15) is 35.3 Å². The predicted octanol–water partition coefficient (Wildman–Crippen LogP) is 3.47. The summed E-state index contributed by atoms with van der Waals surface area (Å²) in [6.07, 6.45) is 1.79. The van der Waals surface area contributed by atoms with Crippen LogP contribution in [-0.2, 0) is 14.6 Å². The first-order chi connectivity index (χ1) is 14.3. The summed E-state index contributed by atoms with van der Waals surface area (Å²) in [6.45, 7) is 1.86. The molecule has 2 amide bonds. The van der Waals surface area contributed by atoms with Crippen molar-refractivity contribution in [1.29, 1.82) is 0 Å². The molecule has 1 heterocycles. The normalized spacial score (nSPS) is 14.2. The van der Waals surface area contributed by atoms with Crippen LogP contribution in [-0.4, -0.2) is 33.0 Å². The van der Waals surface area contributed by atoms with Crippen molar-refractivity contribution < 1.29 is 18.0 Å². The number of nitrogens with zero attached hydrogens (tertiary/aromatic N) is 1. The zero-order valence-electron chi connectivity index (χ0n) is 16.8. The second-order valence-electron chi connectivity index (χ2n) is 7.44. The zero-order valence-corrected chi connectivity index (χ0v) is 17.6. The fourth-order valence-electron chi connectivity index (χ4n) is 3.89. The first-order valence-corrected chi connectivity index (χ1v) is 11.6. The van der Waals surface area contributed by atoms with Gasteiger partial charge in [-0.2, -0.15) is 0 Å². The first-order valence-electron chi connectivity index (χ1n) is 9.72. The third kappa shape index (κ3) is 3.57. The number of benzene rings is 3. The van der Waals surface area contributed by atoms with E-state index >= 15 is 0 Å². The monoisotopic (exact) mass is 422 g/mol. The molecule has 3 aromatic rings. The number of nitrogens with one attached hydrogen (secondary N) is 1. The summed E-state index contributed by atoms with van der Waals surface area (Å²) in [5, 5.41) is 4.81. The molecule has 0 radical (unpaired) electrons. The summed E-state index contributed by atoms with van der Waals surface area (Å²) >= 11 is 0. The van der Waals surface area contributed by atoms with Crippen molar-refractivity contribution in [2.24, 2.45) is 0 Å². The lowest BCUT2D eigenvalue weighted by atomic mass is 10.0. The number of anilines is 1. The molecule has 0 aromatic heterocycles. The molecule has 0 saturated carbocycles. The highest BCUT2D eigenvalue weighted by Crippen LogP contribution is 2.36. The number of hydrogen-bond donors (Lipinski definition) is 1. The second kappa shape index (κ2) is 7.57. The van der Waals surface area contributed by atoms with E-state index in [1.165, 1.54) is 4.90 Å². The Labute approximate surface area is 175 Å². The van der Waals surface area contributed by atoms with E-state index in [2.05, 4.69) is 5.32 Å². The fourth-order valence-corrected chi connectivity index (χ4v) is 4.52. The Balaban J connectivity index is 1.52. The average molecular weight is 423 g/mol. The minimum absolute atomic E-state index is 0.0788. The first kappa shape index (κ1) is 20.1.